The molecular weight excluding hydrogens is 1450 g/mol. The third-order valence-corrected chi connectivity index (χ3v) is 20.3. The molecule has 108 heavy (non-hydrogen) atoms. The van der Waals surface area contributed by atoms with E-state index in [9.17, 15) is 41.7 Å². The summed E-state index contributed by atoms with van der Waals surface area (Å²) in [6.07, 6.45) is -23.5. The summed E-state index contributed by atoms with van der Waals surface area (Å²) in [4.78, 5) is 0. The molecule has 0 radical (unpaired) electrons. The zero-order chi connectivity index (χ0) is 75.5. The standard InChI is InChI=1S/C85H78Cl2F6O15/c1-97-82(66-36-42-70(86)64(46-66)44-56-32-38-68(39-33-56)105-84(88,89)90)78(102-52-62-28-16-6-17-29-62)72(98-48-58-20-8-2-9-21-58)76(100-50-60-24-12-4-13-25-60)80(54-94,107-82)74(95)75(96)81-55-104-83(108-81,67-37-43-71(87)65(47-67)45-57-34-40-69(41-35-57)106-85(91,92)93)79(103-53-63-30-18-7-19-31-63)73(99-49-59-22-10-3-11-23-59)77(81)101-51-61-26-14-5-15-27-61/h2-43,46-47,72-79,94-96H,44-45,48-55H2,1H3/t72-,73-,74?,75?,76+,77+,78+,79+,80?,81-,82-,83-/m0/s1. The molecule has 3 aliphatic heterocycles. The van der Waals surface area contributed by atoms with Crippen molar-refractivity contribution in [3.05, 3.63) is 344 Å². The lowest BCUT2D eigenvalue weighted by Gasteiger charge is -2.60. The number of benzene rings is 10. The van der Waals surface area contributed by atoms with Crippen LogP contribution in [0.2, 0.25) is 10.0 Å². The van der Waals surface area contributed by atoms with Crippen LogP contribution in [0.1, 0.15) is 66.8 Å². The van der Waals surface area contributed by atoms with E-state index in [4.69, 9.17) is 70.6 Å². The molecule has 10 aromatic rings. The van der Waals surface area contributed by atoms with E-state index in [2.05, 4.69) is 9.47 Å². The molecule has 0 spiro atoms. The van der Waals surface area contributed by atoms with Gasteiger partial charge in [-0.25, -0.2) is 0 Å². The van der Waals surface area contributed by atoms with Gasteiger partial charge in [-0.3, -0.25) is 0 Å². The molecule has 23 heteroatoms. The average molecular weight is 1520 g/mol. The number of rotatable bonds is 31. The molecule has 10 aromatic carbocycles. The van der Waals surface area contributed by atoms with E-state index < -0.39 is 109 Å². The summed E-state index contributed by atoms with van der Waals surface area (Å²) in [7, 11) is 1.34. The number of ether oxygens (including phenoxy) is 12. The first-order valence-electron chi connectivity index (χ1n) is 35.0. The van der Waals surface area contributed by atoms with Gasteiger partial charge in [0.1, 0.15) is 60.3 Å². The van der Waals surface area contributed by atoms with E-state index >= 15 is 0 Å². The van der Waals surface area contributed by atoms with Crippen LogP contribution in [-0.2, 0) is 111 Å². The summed E-state index contributed by atoms with van der Waals surface area (Å²) in [5.41, 5.74) is 1.50. The van der Waals surface area contributed by atoms with Gasteiger partial charge in [0.05, 0.1) is 52.9 Å². The molecular formula is C85H78Cl2F6O15. The monoisotopic (exact) mass is 1520 g/mol. The molecule has 3 aliphatic rings. The Morgan fingerprint density at radius 1 is 0.407 bits per heavy atom. The highest BCUT2D eigenvalue weighted by atomic mass is 35.5. The van der Waals surface area contributed by atoms with Crippen molar-refractivity contribution in [1.82, 2.24) is 0 Å². The van der Waals surface area contributed by atoms with Gasteiger partial charge in [0.25, 0.3) is 0 Å². The van der Waals surface area contributed by atoms with Gasteiger partial charge in [-0.2, -0.15) is 0 Å². The SMILES string of the molecule is CO[C@@]1(c2ccc(Cl)c(Cc3ccc(OC(F)(F)F)cc3)c2)OC(CO)(C(O)C(O)[C@]23CO[C@@](c4ccc(Cl)c(Cc5ccc(OC(F)(F)F)cc5)c4)(O2)[C@H](OCc2ccccc2)[C@@H](OCc2ccccc2)[C@H]3OCc2ccccc2)[C@H](OCc2ccccc2)[C@H](OCc2ccccc2)[C@H]1OCc1ccccc1. The van der Waals surface area contributed by atoms with E-state index in [1.165, 1.54) is 55.6 Å². The minimum atomic E-state index is -4.95. The zero-order valence-corrected chi connectivity index (χ0v) is 59.9. The lowest BCUT2D eigenvalue weighted by Crippen LogP contribution is -2.79. The van der Waals surface area contributed by atoms with Crippen molar-refractivity contribution in [2.45, 2.75) is 137 Å². The van der Waals surface area contributed by atoms with Crippen LogP contribution >= 0.6 is 23.2 Å². The Balaban J connectivity index is 1.01. The van der Waals surface area contributed by atoms with Crippen molar-refractivity contribution in [3.8, 4) is 11.5 Å². The van der Waals surface area contributed by atoms with E-state index in [-0.39, 0.29) is 73.7 Å². The summed E-state index contributed by atoms with van der Waals surface area (Å²) in [6.45, 7) is -2.60. The number of methoxy groups -OCH3 is 1. The lowest BCUT2D eigenvalue weighted by atomic mass is 9.71. The van der Waals surface area contributed by atoms with Crippen LogP contribution in [0.4, 0.5) is 26.3 Å². The topological polar surface area (TPSA) is 171 Å². The fourth-order valence-corrected chi connectivity index (χ4v) is 14.7. The normalized spacial score (nSPS) is 24.1. The van der Waals surface area contributed by atoms with Crippen LogP contribution in [0, 0.1) is 0 Å². The molecule has 2 bridgehead atoms. The quantitative estimate of drug-likeness (QED) is 0.0350. The van der Waals surface area contributed by atoms with Crippen LogP contribution in [0.25, 0.3) is 0 Å². The number of halogens is 8. The third kappa shape index (κ3) is 17.7. The number of aliphatic hydroxyl groups excluding tert-OH is 3. The summed E-state index contributed by atoms with van der Waals surface area (Å²) in [5, 5.41) is 42.7. The molecule has 3 fully saturated rings. The van der Waals surface area contributed by atoms with Crippen LogP contribution in [-0.4, -0.2) is 108 Å². The van der Waals surface area contributed by atoms with Gasteiger partial charge in [0.15, 0.2) is 11.2 Å². The highest BCUT2D eigenvalue weighted by molar-refractivity contribution is 6.31. The average Bonchev–Trinajstić information content (AvgIpc) is 1.38. The van der Waals surface area contributed by atoms with Gasteiger partial charge in [0.2, 0.25) is 11.6 Å². The Kier molecular flexibility index (Phi) is 24.5. The molecule has 0 saturated carbocycles. The van der Waals surface area contributed by atoms with E-state index in [0.29, 0.717) is 44.5 Å². The van der Waals surface area contributed by atoms with Gasteiger partial charge >= 0.3 is 12.7 Å². The van der Waals surface area contributed by atoms with Gasteiger partial charge in [-0.05, 0) is 117 Å². The smallest absolute Gasteiger partial charge is 0.406 e. The molecule has 0 aliphatic carbocycles. The van der Waals surface area contributed by atoms with Gasteiger partial charge in [0, 0.05) is 28.3 Å². The Bertz CT molecular complexity index is 4510. The van der Waals surface area contributed by atoms with Crippen molar-refractivity contribution >= 4 is 23.2 Å². The van der Waals surface area contributed by atoms with E-state index in [1.54, 1.807) is 36.4 Å². The Labute approximate surface area is 630 Å². The minimum absolute atomic E-state index is 0.0239. The predicted molar refractivity (Wildman–Crippen MR) is 388 cm³/mol. The van der Waals surface area contributed by atoms with Crippen LogP contribution in [0.5, 0.6) is 11.5 Å². The first-order chi connectivity index (χ1) is 52.2. The second-order valence-electron chi connectivity index (χ2n) is 26.7. The van der Waals surface area contributed by atoms with Crippen molar-refractivity contribution in [3.63, 3.8) is 0 Å². The first kappa shape index (κ1) is 77.6. The van der Waals surface area contributed by atoms with Crippen LogP contribution in [0.3, 0.4) is 0 Å². The zero-order valence-electron chi connectivity index (χ0n) is 58.4. The third-order valence-electron chi connectivity index (χ3n) is 19.6. The molecule has 12 atom stereocenters. The van der Waals surface area contributed by atoms with Crippen LogP contribution in [0.15, 0.2) is 267 Å². The molecule has 3 N–H and O–H groups in total. The van der Waals surface area contributed by atoms with Crippen LogP contribution < -0.4 is 9.47 Å². The summed E-state index contributed by atoms with van der Waals surface area (Å²) < 4.78 is 162. The molecule has 13 rings (SSSR count). The van der Waals surface area contributed by atoms with Gasteiger partial charge in [-0.1, -0.05) is 242 Å². The number of hydrogen-bond donors (Lipinski definition) is 3. The van der Waals surface area contributed by atoms with Gasteiger partial charge < -0.3 is 72.2 Å². The maximum absolute atomic E-state index is 14.6. The maximum Gasteiger partial charge on any atom is 0.573 e. The molecule has 0 amide bonds. The van der Waals surface area contributed by atoms with Crippen molar-refractivity contribution < 1.29 is 98.5 Å². The Morgan fingerprint density at radius 3 is 1.15 bits per heavy atom. The Hall–Kier alpha value is -8.56. The fraction of sp³-hybridized carbons (Fsp3) is 0.294. The molecule has 15 nitrogen and oxygen atoms in total. The molecule has 3 heterocycles. The highest BCUT2D eigenvalue weighted by Crippen LogP contribution is 2.58. The lowest BCUT2D eigenvalue weighted by molar-refractivity contribution is -0.434. The highest BCUT2D eigenvalue weighted by Gasteiger charge is 2.76. The number of fused-ring (bicyclic) bond motifs is 2. The minimum Gasteiger partial charge on any atom is -0.406 e. The Morgan fingerprint density at radius 2 is 0.759 bits per heavy atom. The number of hydrogen-bond acceptors (Lipinski definition) is 15. The van der Waals surface area contributed by atoms with Crippen molar-refractivity contribution in [2.24, 2.45) is 0 Å². The summed E-state index contributed by atoms with van der Waals surface area (Å²) >= 11 is 14.3. The maximum atomic E-state index is 14.6. The molecule has 3 unspecified atom stereocenters. The fourth-order valence-electron chi connectivity index (χ4n) is 14.4. The van der Waals surface area contributed by atoms with E-state index in [0.717, 1.165) is 11.1 Å². The van der Waals surface area contributed by atoms with Crippen molar-refractivity contribution in [2.75, 3.05) is 20.3 Å². The van der Waals surface area contributed by atoms with E-state index in [1.807, 2.05) is 182 Å². The summed E-state index contributed by atoms with van der Waals surface area (Å²) in [5.74, 6) is -5.40. The van der Waals surface area contributed by atoms with Gasteiger partial charge in [-0.15, -0.1) is 26.3 Å². The van der Waals surface area contributed by atoms with Crippen molar-refractivity contribution in [1.29, 1.82) is 0 Å². The predicted octanol–water partition coefficient (Wildman–Crippen LogP) is 16.4. The molecule has 3 saturated heterocycles. The first-order valence-corrected chi connectivity index (χ1v) is 35.7. The second-order valence-corrected chi connectivity index (χ2v) is 27.5. The second kappa shape index (κ2) is 34.1. The molecule has 564 valence electrons. The number of aliphatic hydroxyl groups is 3. The largest absolute Gasteiger partial charge is 0.573 e. The summed E-state index contributed by atoms with van der Waals surface area (Å²) in [6, 6.07) is 75.8. The number of alkyl halides is 6. The molecule has 0 aromatic heterocycles.